The number of amides is 1. The number of hydrazone groups is 1. The Morgan fingerprint density at radius 2 is 1.19 bits per heavy atom. The molecule has 1 N–H and O–H groups in total. The van der Waals surface area contributed by atoms with Crippen molar-refractivity contribution in [1.82, 2.24) is 5.43 Å². The SMILES string of the molecule is O=C(COc1ccc(OCc2ccccc2)cc1)NN=Cc1ccc(OC(=O)c2ccc(Cl)cc2)cc1OC(=O)c1ccc(Cl)cc1. The van der Waals surface area contributed by atoms with Gasteiger partial charge < -0.3 is 18.9 Å². The van der Waals surface area contributed by atoms with Gasteiger partial charge in [0.1, 0.15) is 29.6 Å². The van der Waals surface area contributed by atoms with Crippen LogP contribution in [0.4, 0.5) is 0 Å². The Hall–Kier alpha value is -5.64. The monoisotopic (exact) mass is 668 g/mol. The molecule has 0 aliphatic heterocycles. The summed E-state index contributed by atoms with van der Waals surface area (Å²) >= 11 is 11.8. The second kappa shape index (κ2) is 16.1. The topological polar surface area (TPSA) is 113 Å². The lowest BCUT2D eigenvalue weighted by Crippen LogP contribution is -2.24. The first-order chi connectivity index (χ1) is 22.8. The molecule has 1 amide bonds. The van der Waals surface area contributed by atoms with Gasteiger partial charge in [-0.2, -0.15) is 5.10 Å². The minimum Gasteiger partial charge on any atom is -0.489 e. The van der Waals surface area contributed by atoms with Gasteiger partial charge in [-0.3, -0.25) is 4.79 Å². The van der Waals surface area contributed by atoms with Crippen molar-refractivity contribution in [2.24, 2.45) is 5.10 Å². The van der Waals surface area contributed by atoms with Crippen molar-refractivity contribution in [2.45, 2.75) is 6.61 Å². The highest BCUT2D eigenvalue weighted by molar-refractivity contribution is 6.31. The molecule has 0 fully saturated rings. The third-order valence-corrected chi connectivity index (χ3v) is 6.90. The van der Waals surface area contributed by atoms with Gasteiger partial charge in [-0.05, 0) is 90.5 Å². The molecule has 0 aromatic heterocycles. The summed E-state index contributed by atoms with van der Waals surface area (Å²) in [4.78, 5) is 37.9. The molecule has 0 aliphatic rings. The van der Waals surface area contributed by atoms with E-state index in [1.54, 1.807) is 48.5 Å². The number of hydrogen-bond acceptors (Lipinski definition) is 8. The summed E-state index contributed by atoms with van der Waals surface area (Å²) in [5, 5.41) is 4.89. The molecule has 0 saturated carbocycles. The van der Waals surface area contributed by atoms with E-state index in [1.807, 2.05) is 30.3 Å². The fourth-order valence-electron chi connectivity index (χ4n) is 4.00. The van der Waals surface area contributed by atoms with E-state index in [1.165, 1.54) is 48.7 Å². The summed E-state index contributed by atoms with van der Waals surface area (Å²) in [7, 11) is 0. The van der Waals surface area contributed by atoms with Crippen molar-refractivity contribution < 1.29 is 33.3 Å². The standard InChI is InChI=1S/C36H26Cl2N2O7/c37-28-11-6-25(7-12-28)35(42)46-32-15-10-27(33(20-32)47-36(43)26-8-13-29(38)14-9-26)21-39-40-34(41)23-45-31-18-16-30(17-19-31)44-22-24-4-2-1-3-5-24/h1-21H,22-23H2,(H,40,41). The molecule has 0 atom stereocenters. The molecular formula is C36H26Cl2N2O7. The van der Waals surface area contributed by atoms with Crippen LogP contribution in [0.3, 0.4) is 0 Å². The Bertz CT molecular complexity index is 1860. The maximum absolute atomic E-state index is 12.9. The second-order valence-corrected chi connectivity index (χ2v) is 10.7. The van der Waals surface area contributed by atoms with Gasteiger partial charge in [-0.1, -0.05) is 53.5 Å². The van der Waals surface area contributed by atoms with Gasteiger partial charge in [0, 0.05) is 21.7 Å². The van der Waals surface area contributed by atoms with Crippen LogP contribution in [-0.2, 0) is 11.4 Å². The number of benzene rings is 5. The van der Waals surface area contributed by atoms with Gasteiger partial charge in [-0.25, -0.2) is 15.0 Å². The van der Waals surface area contributed by atoms with E-state index in [9.17, 15) is 14.4 Å². The van der Waals surface area contributed by atoms with E-state index in [0.717, 1.165) is 5.56 Å². The Kier molecular flexibility index (Phi) is 11.2. The van der Waals surface area contributed by atoms with Crippen LogP contribution in [0.25, 0.3) is 0 Å². The Morgan fingerprint density at radius 1 is 0.638 bits per heavy atom. The van der Waals surface area contributed by atoms with Crippen molar-refractivity contribution >= 4 is 47.3 Å². The highest BCUT2D eigenvalue weighted by atomic mass is 35.5. The van der Waals surface area contributed by atoms with Gasteiger partial charge in [0.15, 0.2) is 6.61 Å². The van der Waals surface area contributed by atoms with E-state index in [-0.39, 0.29) is 29.2 Å². The van der Waals surface area contributed by atoms with Crippen LogP contribution in [-0.4, -0.2) is 30.7 Å². The third kappa shape index (κ3) is 9.92. The van der Waals surface area contributed by atoms with E-state index in [4.69, 9.17) is 42.1 Å². The summed E-state index contributed by atoms with van der Waals surface area (Å²) in [6, 6.07) is 33.3. The van der Waals surface area contributed by atoms with Crippen molar-refractivity contribution in [2.75, 3.05) is 6.61 Å². The maximum Gasteiger partial charge on any atom is 0.343 e. The van der Waals surface area contributed by atoms with Crippen molar-refractivity contribution in [3.63, 3.8) is 0 Å². The predicted octanol–water partition coefficient (Wildman–Crippen LogP) is 7.54. The van der Waals surface area contributed by atoms with E-state index in [0.29, 0.717) is 33.7 Å². The zero-order valence-corrected chi connectivity index (χ0v) is 26.1. The molecule has 5 aromatic rings. The molecule has 236 valence electrons. The van der Waals surface area contributed by atoms with Crippen LogP contribution in [0, 0.1) is 0 Å². The molecule has 0 spiro atoms. The lowest BCUT2D eigenvalue weighted by molar-refractivity contribution is -0.123. The molecule has 11 heteroatoms. The number of halogens is 2. The summed E-state index contributed by atoms with van der Waals surface area (Å²) in [6.45, 7) is 0.125. The van der Waals surface area contributed by atoms with Gasteiger partial charge in [0.25, 0.3) is 5.91 Å². The molecular weight excluding hydrogens is 643 g/mol. The van der Waals surface area contributed by atoms with Crippen LogP contribution in [0.5, 0.6) is 23.0 Å². The number of rotatable bonds is 12. The maximum atomic E-state index is 12.9. The highest BCUT2D eigenvalue weighted by Gasteiger charge is 2.15. The highest BCUT2D eigenvalue weighted by Crippen LogP contribution is 2.26. The smallest absolute Gasteiger partial charge is 0.343 e. The second-order valence-electron chi connectivity index (χ2n) is 9.82. The quantitative estimate of drug-likeness (QED) is 0.0632. The molecule has 5 aromatic carbocycles. The van der Waals surface area contributed by atoms with Crippen LogP contribution in [0.1, 0.15) is 31.8 Å². The fourth-order valence-corrected chi connectivity index (χ4v) is 4.25. The summed E-state index contributed by atoms with van der Waals surface area (Å²) in [6.07, 6.45) is 1.28. The summed E-state index contributed by atoms with van der Waals surface area (Å²) in [5.74, 6) is -0.597. The Morgan fingerprint density at radius 3 is 1.81 bits per heavy atom. The van der Waals surface area contributed by atoms with Crippen molar-refractivity contribution in [3.8, 4) is 23.0 Å². The average molecular weight is 670 g/mol. The number of carbonyl (C=O) groups excluding carboxylic acids is 3. The van der Waals surface area contributed by atoms with Crippen LogP contribution >= 0.6 is 23.2 Å². The number of nitrogens with zero attached hydrogens (tertiary/aromatic N) is 1. The van der Waals surface area contributed by atoms with Gasteiger partial charge in [-0.15, -0.1) is 0 Å². The van der Waals surface area contributed by atoms with Gasteiger partial charge in [0.2, 0.25) is 0 Å². The van der Waals surface area contributed by atoms with Crippen LogP contribution in [0.15, 0.2) is 126 Å². The van der Waals surface area contributed by atoms with Crippen molar-refractivity contribution in [1.29, 1.82) is 0 Å². The minimum absolute atomic E-state index is 0.0233. The number of esters is 2. The number of hydrogen-bond donors (Lipinski definition) is 1. The molecule has 0 aliphatic carbocycles. The average Bonchev–Trinajstić information content (AvgIpc) is 3.09. The van der Waals surface area contributed by atoms with E-state index >= 15 is 0 Å². The first-order valence-corrected chi connectivity index (χ1v) is 14.9. The zero-order valence-electron chi connectivity index (χ0n) is 24.6. The molecule has 47 heavy (non-hydrogen) atoms. The molecule has 0 unspecified atom stereocenters. The summed E-state index contributed by atoms with van der Waals surface area (Å²) < 4.78 is 22.4. The van der Waals surface area contributed by atoms with E-state index in [2.05, 4.69) is 10.5 Å². The first kappa shape index (κ1) is 32.7. The molecule has 0 heterocycles. The Labute approximate surface area is 280 Å². The number of carbonyl (C=O) groups is 3. The lowest BCUT2D eigenvalue weighted by atomic mass is 10.2. The van der Waals surface area contributed by atoms with Gasteiger partial charge in [0.05, 0.1) is 17.3 Å². The number of ether oxygens (including phenoxy) is 4. The predicted molar refractivity (Wildman–Crippen MR) is 178 cm³/mol. The zero-order chi connectivity index (χ0) is 33.0. The molecule has 0 radical (unpaired) electrons. The van der Waals surface area contributed by atoms with E-state index < -0.39 is 17.8 Å². The van der Waals surface area contributed by atoms with Crippen LogP contribution < -0.4 is 24.4 Å². The van der Waals surface area contributed by atoms with Crippen molar-refractivity contribution in [3.05, 3.63) is 154 Å². The molecule has 0 bridgehead atoms. The third-order valence-electron chi connectivity index (χ3n) is 6.39. The van der Waals surface area contributed by atoms with Gasteiger partial charge >= 0.3 is 11.9 Å². The normalized spacial score (nSPS) is 10.7. The molecule has 9 nitrogen and oxygen atoms in total. The minimum atomic E-state index is -0.689. The summed E-state index contributed by atoms with van der Waals surface area (Å²) in [5.41, 5.74) is 4.24. The first-order valence-electron chi connectivity index (χ1n) is 14.1. The lowest BCUT2D eigenvalue weighted by Gasteiger charge is -2.11. The van der Waals surface area contributed by atoms with Crippen LogP contribution in [0.2, 0.25) is 10.0 Å². The number of nitrogens with one attached hydrogen (secondary N) is 1. The molecule has 0 saturated heterocycles. The largest absolute Gasteiger partial charge is 0.489 e. The molecule has 5 rings (SSSR count). The fraction of sp³-hybridized carbons (Fsp3) is 0.0556. The Balaban J connectivity index is 1.20.